The average Bonchev–Trinajstić information content (AvgIpc) is 2.71. The van der Waals surface area contributed by atoms with E-state index in [0.717, 1.165) is 25.7 Å². The highest BCUT2D eigenvalue weighted by Crippen LogP contribution is 2.31. The van der Waals surface area contributed by atoms with Crippen LogP contribution in [0.3, 0.4) is 0 Å². The summed E-state index contributed by atoms with van der Waals surface area (Å²) in [4.78, 5) is 39.7. The van der Waals surface area contributed by atoms with Crippen molar-refractivity contribution in [3.63, 3.8) is 0 Å². The van der Waals surface area contributed by atoms with Crippen molar-refractivity contribution in [1.29, 1.82) is 0 Å². The number of amides is 2. The number of nitrogens with zero attached hydrogens (tertiary/aromatic N) is 1. The number of carbonyl (C=O) groups excluding carboxylic acids is 3. The van der Waals surface area contributed by atoms with Crippen molar-refractivity contribution in [3.8, 4) is 5.75 Å². The van der Waals surface area contributed by atoms with E-state index in [0.29, 0.717) is 16.5 Å². The molecule has 0 aromatic heterocycles. The van der Waals surface area contributed by atoms with Gasteiger partial charge in [-0.1, -0.05) is 24.4 Å². The molecule has 2 fully saturated rings. The molecule has 0 bridgehead atoms. The molecule has 1 heterocycles. The first-order valence-electron chi connectivity index (χ1n) is 10.3. The van der Waals surface area contributed by atoms with E-state index in [2.05, 4.69) is 10.6 Å². The minimum atomic E-state index is -0.751. The zero-order chi connectivity index (χ0) is 21.7. The Labute approximate surface area is 181 Å². The van der Waals surface area contributed by atoms with E-state index in [9.17, 15) is 14.4 Å². The van der Waals surface area contributed by atoms with E-state index in [1.54, 1.807) is 25.1 Å². The van der Waals surface area contributed by atoms with Gasteiger partial charge in [0, 0.05) is 17.1 Å². The van der Waals surface area contributed by atoms with Gasteiger partial charge in [0.15, 0.2) is 0 Å². The van der Waals surface area contributed by atoms with Crippen LogP contribution in [0.15, 0.2) is 18.2 Å². The van der Waals surface area contributed by atoms with E-state index in [1.165, 1.54) is 7.11 Å². The number of hydrogen-bond donors (Lipinski definition) is 2. The normalized spacial score (nSPS) is 23.8. The summed E-state index contributed by atoms with van der Waals surface area (Å²) in [6.07, 6.45) is 3.70. The van der Waals surface area contributed by atoms with Crippen LogP contribution in [-0.4, -0.2) is 61.1 Å². The van der Waals surface area contributed by atoms with Gasteiger partial charge in [0.25, 0.3) is 0 Å². The van der Waals surface area contributed by atoms with Crippen LogP contribution in [0, 0.1) is 0 Å². The number of ether oxygens (including phenoxy) is 2. The predicted octanol–water partition coefficient (Wildman–Crippen LogP) is 2.35. The second-order valence-corrected chi connectivity index (χ2v) is 7.99. The first-order chi connectivity index (χ1) is 14.4. The highest BCUT2D eigenvalue weighted by Gasteiger charge is 2.44. The summed E-state index contributed by atoms with van der Waals surface area (Å²) in [7, 11) is 1.50. The van der Waals surface area contributed by atoms with Crippen molar-refractivity contribution in [3.05, 3.63) is 23.2 Å². The first-order valence-corrected chi connectivity index (χ1v) is 10.7. The van der Waals surface area contributed by atoms with E-state index < -0.39 is 12.0 Å². The van der Waals surface area contributed by atoms with Crippen LogP contribution in [0.25, 0.3) is 0 Å². The summed E-state index contributed by atoms with van der Waals surface area (Å²) < 4.78 is 10.4. The van der Waals surface area contributed by atoms with Crippen LogP contribution in [0.2, 0.25) is 5.02 Å². The van der Waals surface area contributed by atoms with Gasteiger partial charge in [-0.05, 0) is 38.0 Å². The molecule has 3 rings (SSSR count). The lowest BCUT2D eigenvalue weighted by Gasteiger charge is -2.47. The number of methoxy groups -OCH3 is 1. The molecule has 1 saturated heterocycles. The minimum absolute atomic E-state index is 0.00647. The highest BCUT2D eigenvalue weighted by molar-refractivity contribution is 6.31. The molecule has 3 atom stereocenters. The van der Waals surface area contributed by atoms with E-state index in [-0.39, 0.29) is 43.5 Å². The number of piperazine rings is 1. The van der Waals surface area contributed by atoms with Crippen molar-refractivity contribution in [2.24, 2.45) is 0 Å². The van der Waals surface area contributed by atoms with E-state index >= 15 is 0 Å². The van der Waals surface area contributed by atoms with Crippen LogP contribution < -0.4 is 15.4 Å². The third kappa shape index (κ3) is 5.23. The summed E-state index contributed by atoms with van der Waals surface area (Å²) in [5.41, 5.74) is 0.429. The molecule has 1 aromatic rings. The summed E-state index contributed by atoms with van der Waals surface area (Å²) in [6, 6.07) is 4.17. The Morgan fingerprint density at radius 1 is 1.30 bits per heavy atom. The second-order valence-electron chi connectivity index (χ2n) is 7.56. The Kier molecular flexibility index (Phi) is 7.55. The number of nitrogens with one attached hydrogen (secondary N) is 2. The average molecular weight is 438 g/mol. The van der Waals surface area contributed by atoms with Crippen molar-refractivity contribution in [2.45, 2.75) is 57.2 Å². The predicted molar refractivity (Wildman–Crippen MR) is 113 cm³/mol. The number of anilines is 1. The Morgan fingerprint density at radius 3 is 2.80 bits per heavy atom. The maximum absolute atomic E-state index is 12.8. The Balaban J connectivity index is 1.77. The summed E-state index contributed by atoms with van der Waals surface area (Å²) in [5.74, 6) is -0.524. The highest BCUT2D eigenvalue weighted by atomic mass is 35.5. The fourth-order valence-corrected chi connectivity index (χ4v) is 4.46. The zero-order valence-electron chi connectivity index (χ0n) is 17.3. The third-order valence-corrected chi connectivity index (χ3v) is 5.85. The van der Waals surface area contributed by atoms with Gasteiger partial charge in [0.2, 0.25) is 11.8 Å². The van der Waals surface area contributed by atoms with Crippen molar-refractivity contribution in [2.75, 3.05) is 25.6 Å². The van der Waals surface area contributed by atoms with Crippen LogP contribution in [0.4, 0.5) is 5.69 Å². The number of rotatable bonds is 7. The van der Waals surface area contributed by atoms with Crippen molar-refractivity contribution in [1.82, 2.24) is 10.2 Å². The molecule has 8 nitrogen and oxygen atoms in total. The van der Waals surface area contributed by atoms with Crippen LogP contribution in [0.5, 0.6) is 5.75 Å². The number of hydrogen-bond acceptors (Lipinski definition) is 6. The van der Waals surface area contributed by atoms with Crippen LogP contribution in [0.1, 0.15) is 39.0 Å². The van der Waals surface area contributed by atoms with Gasteiger partial charge in [-0.25, -0.2) is 0 Å². The molecular formula is C21H28ClN3O5. The van der Waals surface area contributed by atoms with Gasteiger partial charge in [-0.2, -0.15) is 0 Å². The van der Waals surface area contributed by atoms with Gasteiger partial charge in [-0.15, -0.1) is 0 Å². The molecule has 2 amide bonds. The molecular weight excluding hydrogens is 410 g/mol. The molecule has 1 aliphatic carbocycles. The number of esters is 1. The van der Waals surface area contributed by atoms with Gasteiger partial charge in [0.05, 0.1) is 38.4 Å². The van der Waals surface area contributed by atoms with E-state index in [4.69, 9.17) is 21.1 Å². The molecule has 1 saturated carbocycles. The molecule has 2 N–H and O–H groups in total. The molecule has 2 aliphatic rings. The molecule has 1 aromatic carbocycles. The topological polar surface area (TPSA) is 97.0 Å². The SMILES string of the molecule is CCOC(=O)CN1[C@H](CC(=O)Nc2cc(Cl)ccc2OC)C(=O)N[C@@H]2CCCC[C@H]21. The number of benzene rings is 1. The zero-order valence-corrected chi connectivity index (χ0v) is 18.0. The number of halogens is 1. The quantitative estimate of drug-likeness (QED) is 0.635. The maximum Gasteiger partial charge on any atom is 0.320 e. The molecule has 164 valence electrons. The lowest BCUT2D eigenvalue weighted by atomic mass is 9.85. The van der Waals surface area contributed by atoms with Crippen molar-refractivity contribution < 1.29 is 23.9 Å². The molecule has 1 aliphatic heterocycles. The Hall–Kier alpha value is -2.32. The van der Waals surface area contributed by atoms with E-state index in [1.807, 2.05) is 4.90 Å². The minimum Gasteiger partial charge on any atom is -0.495 e. The fraction of sp³-hybridized carbons (Fsp3) is 0.571. The van der Waals surface area contributed by atoms with Gasteiger partial charge in [0.1, 0.15) is 5.75 Å². The van der Waals surface area contributed by atoms with Gasteiger partial charge < -0.3 is 20.1 Å². The molecule has 9 heteroatoms. The summed E-state index contributed by atoms with van der Waals surface area (Å²) in [5, 5.41) is 6.27. The lowest BCUT2D eigenvalue weighted by Crippen LogP contribution is -2.67. The molecule has 0 unspecified atom stereocenters. The lowest BCUT2D eigenvalue weighted by molar-refractivity contribution is -0.151. The summed E-state index contributed by atoms with van der Waals surface area (Å²) >= 11 is 6.03. The Morgan fingerprint density at radius 2 is 2.07 bits per heavy atom. The third-order valence-electron chi connectivity index (χ3n) is 5.62. The Bertz CT molecular complexity index is 803. The first kappa shape index (κ1) is 22.4. The van der Waals surface area contributed by atoms with Crippen molar-refractivity contribution >= 4 is 35.1 Å². The smallest absolute Gasteiger partial charge is 0.320 e. The standard InChI is InChI=1S/C21H28ClN3O5/c1-3-30-20(27)12-25-16-7-5-4-6-14(16)24-21(28)17(25)11-19(26)23-15-10-13(22)8-9-18(15)29-2/h8-10,14,16-17H,3-7,11-12H2,1-2H3,(H,23,26)(H,24,28)/t14-,16-,17-/m1/s1. The molecule has 30 heavy (non-hydrogen) atoms. The van der Waals surface area contributed by atoms with Gasteiger partial charge in [-0.3, -0.25) is 19.3 Å². The van der Waals surface area contributed by atoms with Crippen LogP contribution >= 0.6 is 11.6 Å². The van der Waals surface area contributed by atoms with Crippen LogP contribution in [-0.2, 0) is 19.1 Å². The monoisotopic (exact) mass is 437 g/mol. The molecule has 0 radical (unpaired) electrons. The fourth-order valence-electron chi connectivity index (χ4n) is 4.29. The molecule has 0 spiro atoms. The maximum atomic E-state index is 12.8. The van der Waals surface area contributed by atoms with Gasteiger partial charge >= 0.3 is 5.97 Å². The second kappa shape index (κ2) is 10.1. The largest absolute Gasteiger partial charge is 0.495 e. The number of carbonyl (C=O) groups is 3. The summed E-state index contributed by atoms with van der Waals surface area (Å²) in [6.45, 7) is 2.00. The number of fused-ring (bicyclic) bond motifs is 1.